The summed E-state index contributed by atoms with van der Waals surface area (Å²) in [6, 6.07) is 15.4. The van der Waals surface area contributed by atoms with Crippen LogP contribution < -0.4 is 14.8 Å². The largest absolute Gasteiger partial charge is 0.491 e. The van der Waals surface area contributed by atoms with Gasteiger partial charge in [0.2, 0.25) is 0 Å². The molecule has 2 aromatic rings. The molecule has 0 saturated carbocycles. The molecule has 0 saturated heterocycles. The van der Waals surface area contributed by atoms with Crippen LogP contribution in [0.5, 0.6) is 11.5 Å². The van der Waals surface area contributed by atoms with E-state index in [4.69, 9.17) is 26.5 Å². The summed E-state index contributed by atoms with van der Waals surface area (Å²) < 4.78 is 11.7. The Morgan fingerprint density at radius 3 is 2.54 bits per heavy atom. The maximum Gasteiger partial charge on any atom is 0.144 e. The molecule has 6 heteroatoms. The average Bonchev–Trinajstić information content (AvgIpc) is 2.64. The van der Waals surface area contributed by atoms with Gasteiger partial charge in [-0.3, -0.25) is 0 Å². The predicted octanol–water partition coefficient (Wildman–Crippen LogP) is 3.95. The molecule has 1 N–H and O–H groups in total. The van der Waals surface area contributed by atoms with Gasteiger partial charge in [-0.15, -0.1) is 0 Å². The molecule has 5 nitrogen and oxygen atoms in total. The summed E-state index contributed by atoms with van der Waals surface area (Å²) in [5.74, 6) is 1.52. The molecular formula is C20H24N2O3S. The minimum absolute atomic E-state index is 0.112. The number of hydrogen-bond donors (Lipinski definition) is 1. The van der Waals surface area contributed by atoms with Gasteiger partial charge < -0.3 is 19.6 Å². The van der Waals surface area contributed by atoms with Crippen molar-refractivity contribution in [3.63, 3.8) is 0 Å². The monoisotopic (exact) mass is 372 g/mol. The van der Waals surface area contributed by atoms with Crippen LogP contribution in [0.25, 0.3) is 0 Å². The molecule has 26 heavy (non-hydrogen) atoms. The summed E-state index contributed by atoms with van der Waals surface area (Å²) in [6.45, 7) is 4.35. The Kier molecular flexibility index (Phi) is 7.41. The second-order valence-electron chi connectivity index (χ2n) is 5.79. The molecule has 2 aromatic carbocycles. The minimum Gasteiger partial charge on any atom is -0.491 e. The van der Waals surface area contributed by atoms with E-state index in [2.05, 4.69) is 10.5 Å². The van der Waals surface area contributed by atoms with Gasteiger partial charge in [0.25, 0.3) is 0 Å². The molecule has 0 bridgehead atoms. The second kappa shape index (κ2) is 9.77. The number of ether oxygens (including phenoxy) is 2. The van der Waals surface area contributed by atoms with Crippen molar-refractivity contribution in [3.8, 4) is 11.5 Å². The smallest absolute Gasteiger partial charge is 0.144 e. The molecule has 2 rings (SSSR count). The lowest BCUT2D eigenvalue weighted by Gasteiger charge is -2.14. The summed E-state index contributed by atoms with van der Waals surface area (Å²) in [5, 5.41) is 7.00. The van der Waals surface area contributed by atoms with E-state index in [1.807, 2.05) is 62.4 Å². The molecule has 0 aromatic heterocycles. The van der Waals surface area contributed by atoms with Crippen LogP contribution in [0.4, 0.5) is 0 Å². The molecule has 0 aliphatic carbocycles. The van der Waals surface area contributed by atoms with Gasteiger partial charge >= 0.3 is 0 Å². The Morgan fingerprint density at radius 1 is 1.12 bits per heavy atom. The van der Waals surface area contributed by atoms with Gasteiger partial charge in [0.1, 0.15) is 35.9 Å². The number of oxime groups is 1. The van der Waals surface area contributed by atoms with Crippen molar-refractivity contribution in [2.45, 2.75) is 26.6 Å². The highest BCUT2D eigenvalue weighted by atomic mass is 32.1. The van der Waals surface area contributed by atoms with Crippen LogP contribution in [0, 0.1) is 0 Å². The number of likely N-dealkylation sites (N-methyl/N-ethyl adjacent to an activating group) is 1. The van der Waals surface area contributed by atoms with Crippen molar-refractivity contribution >= 4 is 22.9 Å². The highest BCUT2D eigenvalue weighted by molar-refractivity contribution is 7.82. The maximum absolute atomic E-state index is 5.96. The fraction of sp³-hybridized carbons (Fsp3) is 0.300. The van der Waals surface area contributed by atoms with E-state index in [1.165, 1.54) is 7.11 Å². The minimum atomic E-state index is 0.112. The third kappa shape index (κ3) is 5.46. The summed E-state index contributed by atoms with van der Waals surface area (Å²) in [4.78, 5) is 5.46. The number of hydrogen-bond acceptors (Lipinski definition) is 5. The fourth-order valence-electron chi connectivity index (χ4n) is 2.37. The zero-order valence-corrected chi connectivity index (χ0v) is 16.3. The van der Waals surface area contributed by atoms with Gasteiger partial charge in [0.15, 0.2) is 0 Å². The standard InChI is InChI=1S/C20H24N2O3S/c1-14(2)25-17-10-7-9-16(12-17)24-13-15-8-5-6-11-18(15)19(22-23-4)20(26)21-3/h5-12,14H,13H2,1-4H3,(H,21,26). The van der Waals surface area contributed by atoms with Crippen molar-refractivity contribution in [1.29, 1.82) is 0 Å². The Balaban J connectivity index is 2.21. The highest BCUT2D eigenvalue weighted by Crippen LogP contribution is 2.22. The Labute approximate surface area is 160 Å². The highest BCUT2D eigenvalue weighted by Gasteiger charge is 2.14. The Bertz CT molecular complexity index is 775. The van der Waals surface area contributed by atoms with E-state index >= 15 is 0 Å². The number of nitrogens with one attached hydrogen (secondary N) is 1. The molecule has 0 heterocycles. The van der Waals surface area contributed by atoms with Gasteiger partial charge in [0.05, 0.1) is 6.10 Å². The number of nitrogens with zero attached hydrogens (tertiary/aromatic N) is 1. The van der Waals surface area contributed by atoms with Gasteiger partial charge in [-0.25, -0.2) is 0 Å². The number of rotatable bonds is 8. The van der Waals surface area contributed by atoms with E-state index in [0.717, 1.165) is 22.6 Å². The molecule has 138 valence electrons. The first-order chi connectivity index (χ1) is 12.5. The molecule has 0 amide bonds. The van der Waals surface area contributed by atoms with Crippen molar-refractivity contribution in [3.05, 3.63) is 59.7 Å². The summed E-state index contributed by atoms with van der Waals surface area (Å²) in [5.41, 5.74) is 2.39. The SMILES string of the molecule is CNC(=S)C(=NOC)c1ccccc1COc1cccc(OC(C)C)c1. The Morgan fingerprint density at radius 2 is 1.85 bits per heavy atom. The van der Waals surface area contributed by atoms with Gasteiger partial charge in [-0.05, 0) is 31.5 Å². The van der Waals surface area contributed by atoms with E-state index in [0.29, 0.717) is 17.3 Å². The average molecular weight is 372 g/mol. The third-order valence-electron chi connectivity index (χ3n) is 3.47. The molecule has 0 aliphatic rings. The Hall–Kier alpha value is -2.60. The van der Waals surface area contributed by atoms with Crippen LogP contribution in [0.2, 0.25) is 0 Å². The van der Waals surface area contributed by atoms with Crippen molar-refractivity contribution < 1.29 is 14.3 Å². The van der Waals surface area contributed by atoms with Crippen molar-refractivity contribution in [2.75, 3.05) is 14.2 Å². The first-order valence-electron chi connectivity index (χ1n) is 8.36. The lowest BCUT2D eigenvalue weighted by Crippen LogP contribution is -2.27. The maximum atomic E-state index is 5.96. The number of thiocarbonyl (C=S) groups is 1. The zero-order valence-electron chi connectivity index (χ0n) is 15.5. The van der Waals surface area contributed by atoms with Crippen LogP contribution in [-0.4, -0.2) is 31.0 Å². The lowest BCUT2D eigenvalue weighted by atomic mass is 10.0. The molecular weight excluding hydrogens is 348 g/mol. The second-order valence-corrected chi connectivity index (χ2v) is 6.20. The van der Waals surface area contributed by atoms with Crippen LogP contribution in [0.15, 0.2) is 53.7 Å². The summed E-state index contributed by atoms with van der Waals surface area (Å²) in [7, 11) is 3.25. The lowest BCUT2D eigenvalue weighted by molar-refractivity contribution is 0.214. The predicted molar refractivity (Wildman–Crippen MR) is 108 cm³/mol. The molecule has 0 aliphatic heterocycles. The quantitative estimate of drug-likeness (QED) is 0.432. The zero-order chi connectivity index (χ0) is 18.9. The third-order valence-corrected chi connectivity index (χ3v) is 3.87. The molecule has 0 spiro atoms. The van der Waals surface area contributed by atoms with E-state index in [-0.39, 0.29) is 6.10 Å². The first-order valence-corrected chi connectivity index (χ1v) is 8.77. The fourth-order valence-corrected chi connectivity index (χ4v) is 2.52. The van der Waals surface area contributed by atoms with Gasteiger partial charge in [-0.1, -0.05) is 47.7 Å². The molecule has 0 fully saturated rings. The normalized spacial score (nSPS) is 11.2. The van der Waals surface area contributed by atoms with Crippen molar-refractivity contribution in [2.24, 2.45) is 5.16 Å². The molecule has 0 unspecified atom stereocenters. The van der Waals surface area contributed by atoms with Crippen LogP contribution >= 0.6 is 12.2 Å². The van der Waals surface area contributed by atoms with Crippen LogP contribution in [-0.2, 0) is 11.4 Å². The van der Waals surface area contributed by atoms with Gasteiger partial charge in [0, 0.05) is 18.7 Å². The topological polar surface area (TPSA) is 52.1 Å². The van der Waals surface area contributed by atoms with E-state index in [1.54, 1.807) is 7.05 Å². The van der Waals surface area contributed by atoms with Gasteiger partial charge in [-0.2, -0.15) is 0 Å². The molecule has 0 radical (unpaired) electrons. The first kappa shape index (κ1) is 19.7. The molecule has 0 atom stereocenters. The van der Waals surface area contributed by atoms with Crippen LogP contribution in [0.3, 0.4) is 0 Å². The summed E-state index contributed by atoms with van der Waals surface area (Å²) in [6.07, 6.45) is 0.112. The van der Waals surface area contributed by atoms with Crippen molar-refractivity contribution in [1.82, 2.24) is 5.32 Å². The summed E-state index contributed by atoms with van der Waals surface area (Å²) >= 11 is 5.34. The van der Waals surface area contributed by atoms with E-state index < -0.39 is 0 Å². The van der Waals surface area contributed by atoms with E-state index in [9.17, 15) is 0 Å². The van der Waals surface area contributed by atoms with Crippen LogP contribution in [0.1, 0.15) is 25.0 Å². The number of benzene rings is 2.